The lowest BCUT2D eigenvalue weighted by Crippen LogP contribution is -2.21. The Morgan fingerprint density at radius 3 is 2.26 bits per heavy atom. The van der Waals surface area contributed by atoms with Gasteiger partial charge in [-0.15, -0.1) is 0 Å². The number of hydrogen-bond acceptors (Lipinski definition) is 5. The number of aromatic nitrogens is 1. The Morgan fingerprint density at radius 2 is 1.67 bits per heavy atom. The third kappa shape index (κ3) is 4.09. The zero-order valence-corrected chi connectivity index (χ0v) is 14.8. The fourth-order valence-electron chi connectivity index (χ4n) is 2.49. The predicted octanol–water partition coefficient (Wildman–Crippen LogP) is 4.15. The van der Waals surface area contributed by atoms with E-state index in [1.54, 1.807) is 62.6 Å². The van der Waals surface area contributed by atoms with Crippen molar-refractivity contribution in [1.29, 1.82) is 0 Å². The highest BCUT2D eigenvalue weighted by atomic mass is 16.6. The van der Waals surface area contributed by atoms with Gasteiger partial charge in [-0.3, -0.25) is 14.9 Å². The van der Waals surface area contributed by atoms with Crippen molar-refractivity contribution >= 4 is 11.6 Å². The number of carbonyl (C=O) groups is 1. The molecule has 0 N–H and O–H groups in total. The smallest absolute Gasteiger partial charge is 0.295 e. The summed E-state index contributed by atoms with van der Waals surface area (Å²) in [5.74, 6) is 0.596. The summed E-state index contributed by atoms with van der Waals surface area (Å²) in [6, 6.07) is 18.3. The molecule has 0 unspecified atom stereocenters. The molecule has 0 bridgehead atoms. The van der Waals surface area contributed by atoms with E-state index in [0.717, 1.165) is 0 Å². The predicted molar refractivity (Wildman–Crippen MR) is 101 cm³/mol. The first-order chi connectivity index (χ1) is 13.0. The number of rotatable bonds is 5. The third-order valence-corrected chi connectivity index (χ3v) is 3.82. The summed E-state index contributed by atoms with van der Waals surface area (Å²) < 4.78 is 5.71. The van der Waals surface area contributed by atoms with Crippen molar-refractivity contribution in [2.75, 3.05) is 14.1 Å². The number of amides is 1. The Kier molecular flexibility index (Phi) is 5.12. The van der Waals surface area contributed by atoms with Gasteiger partial charge in [-0.2, -0.15) is 0 Å². The fourth-order valence-corrected chi connectivity index (χ4v) is 2.49. The molecule has 0 aliphatic heterocycles. The van der Waals surface area contributed by atoms with Crippen LogP contribution in [0.25, 0.3) is 11.3 Å². The van der Waals surface area contributed by atoms with Crippen LogP contribution in [0.5, 0.6) is 11.6 Å². The van der Waals surface area contributed by atoms with E-state index in [2.05, 4.69) is 4.98 Å². The van der Waals surface area contributed by atoms with E-state index < -0.39 is 4.92 Å². The SMILES string of the molecule is CN(C)C(=O)c1ccc(Oc2ccc([N+](=O)[O-])c(-c3ccccc3)n2)cc1. The van der Waals surface area contributed by atoms with Crippen LogP contribution in [0.15, 0.2) is 66.7 Å². The van der Waals surface area contributed by atoms with Gasteiger partial charge in [0, 0.05) is 37.4 Å². The minimum absolute atomic E-state index is 0.0968. The molecule has 3 rings (SSSR count). The number of carbonyl (C=O) groups excluding carboxylic acids is 1. The third-order valence-electron chi connectivity index (χ3n) is 3.82. The second-order valence-electron chi connectivity index (χ2n) is 5.97. The van der Waals surface area contributed by atoms with E-state index in [1.165, 1.54) is 17.0 Å². The van der Waals surface area contributed by atoms with Gasteiger partial charge in [0.2, 0.25) is 5.88 Å². The maximum absolute atomic E-state index is 11.9. The van der Waals surface area contributed by atoms with Crippen molar-refractivity contribution in [3.8, 4) is 22.9 Å². The number of hydrogen-bond donors (Lipinski definition) is 0. The summed E-state index contributed by atoms with van der Waals surface area (Å²) in [4.78, 5) is 28.6. The van der Waals surface area contributed by atoms with Crippen LogP contribution in [-0.2, 0) is 0 Å². The van der Waals surface area contributed by atoms with Gasteiger partial charge in [0.15, 0.2) is 5.69 Å². The molecular weight excluding hydrogens is 346 g/mol. The molecule has 7 heteroatoms. The summed E-state index contributed by atoms with van der Waals surface area (Å²) in [5, 5.41) is 11.3. The van der Waals surface area contributed by atoms with Gasteiger partial charge in [-0.05, 0) is 24.3 Å². The van der Waals surface area contributed by atoms with Gasteiger partial charge < -0.3 is 9.64 Å². The van der Waals surface area contributed by atoms with Crippen LogP contribution in [0.4, 0.5) is 5.69 Å². The normalized spacial score (nSPS) is 10.3. The molecule has 1 aromatic heterocycles. The van der Waals surface area contributed by atoms with E-state index in [-0.39, 0.29) is 23.2 Å². The molecule has 2 aromatic carbocycles. The van der Waals surface area contributed by atoms with Gasteiger partial charge >= 0.3 is 0 Å². The van der Waals surface area contributed by atoms with Crippen molar-refractivity contribution < 1.29 is 14.5 Å². The van der Waals surface area contributed by atoms with Crippen molar-refractivity contribution in [3.05, 3.63) is 82.4 Å². The topological polar surface area (TPSA) is 85.6 Å². The summed E-state index contributed by atoms with van der Waals surface area (Å²) >= 11 is 0. The Bertz CT molecular complexity index is 970. The molecule has 7 nitrogen and oxygen atoms in total. The first-order valence-corrected chi connectivity index (χ1v) is 8.16. The van der Waals surface area contributed by atoms with Crippen LogP contribution in [0, 0.1) is 10.1 Å². The van der Waals surface area contributed by atoms with Crippen LogP contribution in [0.1, 0.15) is 10.4 Å². The number of pyridine rings is 1. The molecule has 0 aliphatic rings. The summed E-state index contributed by atoms with van der Waals surface area (Å²) in [6.07, 6.45) is 0. The molecule has 0 aliphatic carbocycles. The van der Waals surface area contributed by atoms with Gasteiger partial charge in [0.1, 0.15) is 5.75 Å². The van der Waals surface area contributed by atoms with Crippen molar-refractivity contribution in [2.24, 2.45) is 0 Å². The molecule has 27 heavy (non-hydrogen) atoms. The van der Waals surface area contributed by atoms with E-state index in [1.807, 2.05) is 6.07 Å². The van der Waals surface area contributed by atoms with Crippen molar-refractivity contribution in [3.63, 3.8) is 0 Å². The van der Waals surface area contributed by atoms with Crippen molar-refractivity contribution in [1.82, 2.24) is 9.88 Å². The van der Waals surface area contributed by atoms with E-state index in [4.69, 9.17) is 4.74 Å². The first kappa shape index (κ1) is 18.1. The Labute approximate surface area is 156 Å². The van der Waals surface area contributed by atoms with Gasteiger partial charge in [-0.1, -0.05) is 30.3 Å². The molecule has 0 saturated heterocycles. The number of nitrogens with zero attached hydrogens (tertiary/aromatic N) is 3. The zero-order valence-electron chi connectivity index (χ0n) is 14.8. The standard InChI is InChI=1S/C20H17N3O4/c1-22(2)20(24)15-8-10-16(11-9-15)27-18-13-12-17(23(25)26)19(21-18)14-6-4-3-5-7-14/h3-13H,1-2H3. The van der Waals surface area contributed by atoms with Crippen LogP contribution < -0.4 is 4.74 Å². The maximum atomic E-state index is 11.9. The van der Waals surface area contributed by atoms with Crippen LogP contribution in [0.3, 0.4) is 0 Å². The molecule has 0 atom stereocenters. The zero-order chi connectivity index (χ0) is 19.4. The summed E-state index contributed by atoms with van der Waals surface area (Å²) in [5.41, 5.74) is 1.30. The molecule has 1 amide bonds. The average molecular weight is 363 g/mol. The molecule has 0 radical (unpaired) electrons. The highest BCUT2D eigenvalue weighted by molar-refractivity contribution is 5.93. The molecule has 136 valence electrons. The fraction of sp³-hybridized carbons (Fsp3) is 0.100. The Balaban J connectivity index is 1.90. The number of nitro groups is 1. The van der Waals surface area contributed by atoms with Gasteiger partial charge in [-0.25, -0.2) is 4.98 Å². The average Bonchev–Trinajstić information content (AvgIpc) is 2.68. The second kappa shape index (κ2) is 7.65. The number of ether oxygens (including phenoxy) is 1. The quantitative estimate of drug-likeness (QED) is 0.502. The lowest BCUT2D eigenvalue weighted by atomic mass is 10.1. The number of benzene rings is 2. The highest BCUT2D eigenvalue weighted by Crippen LogP contribution is 2.31. The van der Waals surface area contributed by atoms with E-state index in [9.17, 15) is 14.9 Å². The van der Waals surface area contributed by atoms with Crippen LogP contribution in [0.2, 0.25) is 0 Å². The largest absolute Gasteiger partial charge is 0.439 e. The van der Waals surface area contributed by atoms with E-state index >= 15 is 0 Å². The summed E-state index contributed by atoms with van der Waals surface area (Å²) in [7, 11) is 3.36. The first-order valence-electron chi connectivity index (χ1n) is 8.16. The van der Waals surface area contributed by atoms with Crippen molar-refractivity contribution in [2.45, 2.75) is 0 Å². The molecule has 0 spiro atoms. The molecule has 3 aromatic rings. The minimum Gasteiger partial charge on any atom is -0.439 e. The van der Waals surface area contributed by atoms with Gasteiger partial charge in [0.25, 0.3) is 11.6 Å². The molecule has 1 heterocycles. The lowest BCUT2D eigenvalue weighted by Gasteiger charge is -2.11. The van der Waals surface area contributed by atoms with E-state index in [0.29, 0.717) is 16.9 Å². The Hall–Kier alpha value is -3.74. The monoisotopic (exact) mass is 363 g/mol. The maximum Gasteiger partial charge on any atom is 0.295 e. The van der Waals surface area contributed by atoms with Crippen LogP contribution in [-0.4, -0.2) is 34.8 Å². The summed E-state index contributed by atoms with van der Waals surface area (Å²) in [6.45, 7) is 0. The molecular formula is C20H17N3O4. The second-order valence-corrected chi connectivity index (χ2v) is 5.97. The molecule has 0 saturated carbocycles. The lowest BCUT2D eigenvalue weighted by molar-refractivity contribution is -0.384. The molecule has 0 fully saturated rings. The Morgan fingerprint density at radius 1 is 1.00 bits per heavy atom. The van der Waals surface area contributed by atoms with Crippen LogP contribution >= 0.6 is 0 Å². The van der Waals surface area contributed by atoms with Gasteiger partial charge in [0.05, 0.1) is 4.92 Å². The highest BCUT2D eigenvalue weighted by Gasteiger charge is 2.18. The minimum atomic E-state index is -0.471.